The molecule has 6 heteroatoms. The van der Waals surface area contributed by atoms with E-state index in [9.17, 15) is 9.59 Å². The molecule has 0 spiro atoms. The average Bonchev–Trinajstić information content (AvgIpc) is 2.88. The number of aryl methyl sites for hydroxylation is 1. The topological polar surface area (TPSA) is 67.9 Å². The second kappa shape index (κ2) is 14.5. The first kappa shape index (κ1) is 29.9. The van der Waals surface area contributed by atoms with E-state index in [0.29, 0.717) is 37.5 Å². The number of rotatable bonds is 13. The van der Waals surface area contributed by atoms with E-state index in [1.54, 1.807) is 21.1 Å². The van der Waals surface area contributed by atoms with Crippen LogP contribution < -0.4 is 10.2 Å². The summed E-state index contributed by atoms with van der Waals surface area (Å²) in [6.07, 6.45) is 5.22. The number of anilines is 2. The summed E-state index contributed by atoms with van der Waals surface area (Å²) in [6, 6.07) is 14.8. The predicted molar refractivity (Wildman–Crippen MR) is 155 cm³/mol. The average molecular weight is 523 g/mol. The lowest BCUT2D eigenvalue weighted by molar-refractivity contribution is -0.118. The number of Topliss-reactive ketones (excluding diaryl/α,β-unsaturated/α-hetero) is 1. The van der Waals surface area contributed by atoms with Gasteiger partial charge in [-0.25, -0.2) is 0 Å². The summed E-state index contributed by atoms with van der Waals surface area (Å²) in [6.45, 7) is 9.48. The first-order valence-electron chi connectivity index (χ1n) is 14.0. The number of methoxy groups -OCH3 is 2. The summed E-state index contributed by atoms with van der Waals surface area (Å²) >= 11 is 0. The Morgan fingerprint density at radius 3 is 2.29 bits per heavy atom. The van der Waals surface area contributed by atoms with Gasteiger partial charge in [-0.15, -0.1) is 0 Å². The monoisotopic (exact) mass is 522 g/mol. The molecule has 0 aromatic heterocycles. The third-order valence-electron chi connectivity index (χ3n) is 7.44. The minimum Gasteiger partial charge on any atom is -0.384 e. The Balaban J connectivity index is 1.97. The minimum absolute atomic E-state index is 0.0466. The smallest absolute Gasteiger partial charge is 0.228 e. The highest BCUT2D eigenvalue weighted by atomic mass is 16.5. The third-order valence-corrected chi connectivity index (χ3v) is 7.44. The molecule has 0 aliphatic heterocycles. The molecular weight excluding hydrogens is 476 g/mol. The van der Waals surface area contributed by atoms with Gasteiger partial charge in [0, 0.05) is 39.1 Å². The first-order valence-corrected chi connectivity index (χ1v) is 14.0. The van der Waals surface area contributed by atoms with Crippen LogP contribution in [0.4, 0.5) is 11.4 Å². The van der Waals surface area contributed by atoms with Crippen molar-refractivity contribution in [2.24, 2.45) is 5.92 Å². The lowest BCUT2D eigenvalue weighted by Crippen LogP contribution is -2.42. The van der Waals surface area contributed by atoms with Crippen molar-refractivity contribution in [2.75, 3.05) is 37.6 Å². The second-order valence-corrected chi connectivity index (χ2v) is 11.3. The molecule has 1 fully saturated rings. The Kier molecular flexibility index (Phi) is 11.4. The molecule has 2 aromatic rings. The van der Waals surface area contributed by atoms with Gasteiger partial charge < -0.3 is 24.5 Å². The van der Waals surface area contributed by atoms with Crippen molar-refractivity contribution >= 4 is 23.1 Å². The molecule has 1 N–H and O–H groups in total. The lowest BCUT2D eigenvalue weighted by atomic mass is 9.90. The standard InChI is InChI=1S/C32H46N2O4/c1-22(2)20-34(28-12-14-29(38-6)15-13-28)31-16-11-26(27(21-37-5)17-24(4)35)19-30(31)33-32(36)18-25-9-7-23(3)8-10-25/h7-11,16,19,22,27-29H,12-15,17-18,20-21H2,1-6H3,(H,33,36). The molecule has 1 aliphatic carbocycles. The van der Waals surface area contributed by atoms with Gasteiger partial charge in [0.2, 0.25) is 5.91 Å². The first-order chi connectivity index (χ1) is 18.2. The number of ether oxygens (including phenoxy) is 2. The number of ketones is 1. The van der Waals surface area contributed by atoms with Crippen LogP contribution in [0, 0.1) is 12.8 Å². The van der Waals surface area contributed by atoms with Crippen molar-refractivity contribution in [3.05, 3.63) is 59.2 Å². The molecular formula is C32H46N2O4. The number of nitrogens with one attached hydrogen (secondary N) is 1. The van der Waals surface area contributed by atoms with Crippen LogP contribution in [0.3, 0.4) is 0 Å². The van der Waals surface area contributed by atoms with Gasteiger partial charge in [-0.2, -0.15) is 0 Å². The van der Waals surface area contributed by atoms with Crippen LogP contribution >= 0.6 is 0 Å². The maximum Gasteiger partial charge on any atom is 0.228 e. The van der Waals surface area contributed by atoms with Gasteiger partial charge >= 0.3 is 0 Å². The van der Waals surface area contributed by atoms with Crippen molar-refractivity contribution < 1.29 is 19.1 Å². The van der Waals surface area contributed by atoms with Crippen molar-refractivity contribution in [3.63, 3.8) is 0 Å². The van der Waals surface area contributed by atoms with E-state index >= 15 is 0 Å². The SMILES string of the molecule is COCC(CC(C)=O)c1ccc(N(CC(C)C)C2CCC(OC)CC2)c(NC(=O)Cc2ccc(C)cc2)c1. The molecule has 1 amide bonds. The van der Waals surface area contributed by atoms with Crippen molar-refractivity contribution in [1.29, 1.82) is 0 Å². The van der Waals surface area contributed by atoms with Gasteiger partial charge in [-0.1, -0.05) is 49.7 Å². The number of hydrogen-bond acceptors (Lipinski definition) is 5. The fourth-order valence-electron chi connectivity index (χ4n) is 5.50. The number of hydrogen-bond donors (Lipinski definition) is 1. The van der Waals surface area contributed by atoms with Crippen LogP contribution in [-0.4, -0.2) is 51.2 Å². The van der Waals surface area contributed by atoms with Crippen LogP contribution in [0.2, 0.25) is 0 Å². The van der Waals surface area contributed by atoms with Gasteiger partial charge in [0.1, 0.15) is 5.78 Å². The zero-order chi connectivity index (χ0) is 27.7. The van der Waals surface area contributed by atoms with E-state index in [-0.39, 0.29) is 17.6 Å². The molecule has 1 aliphatic rings. The number of amides is 1. The molecule has 38 heavy (non-hydrogen) atoms. The Hall–Kier alpha value is -2.70. The summed E-state index contributed by atoms with van der Waals surface area (Å²) < 4.78 is 11.1. The molecule has 3 rings (SSSR count). The van der Waals surface area contributed by atoms with Crippen molar-refractivity contribution in [3.8, 4) is 0 Å². The third kappa shape index (κ3) is 8.67. The van der Waals surface area contributed by atoms with Crippen LogP contribution in [0.5, 0.6) is 0 Å². The molecule has 2 aromatic carbocycles. The van der Waals surface area contributed by atoms with Crippen molar-refractivity contribution in [1.82, 2.24) is 0 Å². The van der Waals surface area contributed by atoms with Gasteiger partial charge in [-0.3, -0.25) is 4.79 Å². The lowest BCUT2D eigenvalue weighted by Gasteiger charge is -2.40. The van der Waals surface area contributed by atoms with Gasteiger partial charge in [-0.05, 0) is 68.7 Å². The molecule has 0 bridgehead atoms. The van der Waals surface area contributed by atoms with Crippen LogP contribution in [0.25, 0.3) is 0 Å². The largest absolute Gasteiger partial charge is 0.384 e. The molecule has 0 heterocycles. The maximum absolute atomic E-state index is 13.3. The fourth-order valence-corrected chi connectivity index (χ4v) is 5.50. The predicted octanol–water partition coefficient (Wildman–Crippen LogP) is 6.31. The zero-order valence-electron chi connectivity index (χ0n) is 24.1. The van der Waals surface area contributed by atoms with E-state index in [2.05, 4.69) is 42.3 Å². The minimum atomic E-state index is -0.0602. The molecule has 1 unspecified atom stereocenters. The summed E-state index contributed by atoms with van der Waals surface area (Å²) in [5.74, 6) is 0.479. The second-order valence-electron chi connectivity index (χ2n) is 11.3. The number of nitrogens with zero attached hydrogens (tertiary/aromatic N) is 1. The van der Waals surface area contributed by atoms with Crippen LogP contribution in [-0.2, 0) is 25.5 Å². The van der Waals surface area contributed by atoms with E-state index in [0.717, 1.165) is 54.7 Å². The van der Waals surface area contributed by atoms with Gasteiger partial charge in [0.05, 0.1) is 30.5 Å². The summed E-state index contributed by atoms with van der Waals surface area (Å²) in [7, 11) is 3.46. The molecule has 1 atom stereocenters. The molecule has 6 nitrogen and oxygen atoms in total. The normalized spacial score (nSPS) is 18.3. The molecule has 208 valence electrons. The molecule has 0 saturated heterocycles. The number of carbonyl (C=O) groups is 2. The van der Waals surface area contributed by atoms with E-state index in [1.807, 2.05) is 31.2 Å². The highest BCUT2D eigenvalue weighted by Crippen LogP contribution is 2.36. The number of benzene rings is 2. The van der Waals surface area contributed by atoms with E-state index in [1.165, 1.54) is 5.56 Å². The maximum atomic E-state index is 13.3. The highest BCUT2D eigenvalue weighted by molar-refractivity contribution is 5.96. The number of carbonyl (C=O) groups excluding carboxylic acids is 2. The quantitative estimate of drug-likeness (QED) is 0.334. The van der Waals surface area contributed by atoms with E-state index < -0.39 is 0 Å². The Morgan fingerprint density at radius 1 is 1.03 bits per heavy atom. The summed E-state index contributed by atoms with van der Waals surface area (Å²) in [4.78, 5) is 27.8. The van der Waals surface area contributed by atoms with Crippen LogP contribution in [0.1, 0.15) is 75.5 Å². The molecule has 1 saturated carbocycles. The molecule has 0 radical (unpaired) electrons. The Labute approximate surface area is 229 Å². The van der Waals surface area contributed by atoms with Crippen molar-refractivity contribution in [2.45, 2.75) is 84.3 Å². The Morgan fingerprint density at radius 2 is 1.71 bits per heavy atom. The highest BCUT2D eigenvalue weighted by Gasteiger charge is 2.29. The summed E-state index contributed by atoms with van der Waals surface area (Å²) in [5.41, 5.74) is 5.00. The van der Waals surface area contributed by atoms with Gasteiger partial charge in [0.15, 0.2) is 0 Å². The van der Waals surface area contributed by atoms with E-state index in [4.69, 9.17) is 9.47 Å². The Bertz CT molecular complexity index is 1040. The summed E-state index contributed by atoms with van der Waals surface area (Å²) in [5, 5.41) is 3.25. The fraction of sp³-hybridized carbons (Fsp3) is 0.562. The zero-order valence-corrected chi connectivity index (χ0v) is 24.1. The van der Waals surface area contributed by atoms with Crippen LogP contribution in [0.15, 0.2) is 42.5 Å². The van der Waals surface area contributed by atoms with Gasteiger partial charge in [0.25, 0.3) is 0 Å².